The third-order valence-electron chi connectivity index (χ3n) is 2.87. The van der Waals surface area contributed by atoms with Crippen LogP contribution in [-0.2, 0) is 22.8 Å². The van der Waals surface area contributed by atoms with Crippen molar-refractivity contribution in [1.82, 2.24) is 4.90 Å². The van der Waals surface area contributed by atoms with Crippen LogP contribution in [0.25, 0.3) is 0 Å². The van der Waals surface area contributed by atoms with Crippen LogP contribution in [0.5, 0.6) is 0 Å². The van der Waals surface area contributed by atoms with Gasteiger partial charge in [-0.1, -0.05) is 65.8 Å². The minimum atomic E-state index is 0.368. The van der Waals surface area contributed by atoms with E-state index in [4.69, 9.17) is 4.84 Å². The molecule has 0 unspecified atom stereocenters. The van der Waals surface area contributed by atoms with Crippen molar-refractivity contribution in [2.45, 2.75) is 13.2 Å². The first-order valence-corrected chi connectivity index (χ1v) is 6.73. The number of amides is 1. The second kappa shape index (κ2) is 8.53. The van der Waals surface area contributed by atoms with Crippen molar-refractivity contribution in [3.8, 4) is 0 Å². The van der Waals surface area contributed by atoms with Gasteiger partial charge < -0.3 is 9.74 Å². The van der Waals surface area contributed by atoms with Crippen molar-refractivity contribution < 1.29 is 9.63 Å². The highest BCUT2D eigenvalue weighted by molar-refractivity contribution is 5.63. The zero-order chi connectivity index (χ0) is 14.8. The van der Waals surface area contributed by atoms with Crippen molar-refractivity contribution in [3.05, 3.63) is 71.8 Å². The highest BCUT2D eigenvalue weighted by Gasteiger charge is 2.01. The molecule has 4 heteroatoms. The Hall–Kier alpha value is -2.62. The van der Waals surface area contributed by atoms with Gasteiger partial charge in [-0.25, -0.2) is 0 Å². The standard InChI is InChI=1S/C17H17N2O2/c20-15-19(13-16-7-3-1-4-8-16)12-11-18-21-14-17-9-5-2-6-10-17/h1-11H,12-14H2/b18-11+. The van der Waals surface area contributed by atoms with E-state index < -0.39 is 0 Å². The van der Waals surface area contributed by atoms with Gasteiger partial charge in [0, 0.05) is 6.54 Å². The van der Waals surface area contributed by atoms with E-state index in [9.17, 15) is 4.79 Å². The Morgan fingerprint density at radius 3 is 2.24 bits per heavy atom. The highest BCUT2D eigenvalue weighted by atomic mass is 16.6. The number of hydrogen-bond acceptors (Lipinski definition) is 3. The quantitative estimate of drug-likeness (QED) is 0.424. The average Bonchev–Trinajstić information content (AvgIpc) is 2.55. The van der Waals surface area contributed by atoms with Gasteiger partial charge in [-0.3, -0.25) is 4.79 Å². The Morgan fingerprint density at radius 2 is 1.62 bits per heavy atom. The molecule has 0 spiro atoms. The Morgan fingerprint density at radius 1 is 1.00 bits per heavy atom. The van der Waals surface area contributed by atoms with Gasteiger partial charge in [0.25, 0.3) is 0 Å². The van der Waals surface area contributed by atoms with Crippen LogP contribution >= 0.6 is 0 Å². The molecule has 1 amide bonds. The van der Waals surface area contributed by atoms with Crippen molar-refractivity contribution in [1.29, 1.82) is 0 Å². The molecule has 2 rings (SSSR count). The van der Waals surface area contributed by atoms with Gasteiger partial charge >= 0.3 is 6.41 Å². The van der Waals surface area contributed by atoms with Crippen LogP contribution in [0.15, 0.2) is 65.8 Å². The summed E-state index contributed by atoms with van der Waals surface area (Å²) < 4.78 is 0. The van der Waals surface area contributed by atoms with Crippen LogP contribution < -0.4 is 0 Å². The number of benzene rings is 2. The number of nitrogens with zero attached hydrogens (tertiary/aromatic N) is 2. The minimum Gasteiger partial charge on any atom is -0.391 e. The smallest absolute Gasteiger partial charge is 0.312 e. The Labute approximate surface area is 124 Å². The van der Waals surface area contributed by atoms with E-state index in [-0.39, 0.29) is 0 Å². The van der Waals surface area contributed by atoms with Crippen molar-refractivity contribution in [2.75, 3.05) is 6.54 Å². The van der Waals surface area contributed by atoms with Crippen molar-refractivity contribution in [2.24, 2.45) is 5.16 Å². The van der Waals surface area contributed by atoms with Gasteiger partial charge in [-0.15, -0.1) is 0 Å². The molecule has 107 valence electrons. The first kappa shape index (κ1) is 14.8. The van der Waals surface area contributed by atoms with Gasteiger partial charge in [0.2, 0.25) is 0 Å². The third-order valence-corrected chi connectivity index (χ3v) is 2.87. The lowest BCUT2D eigenvalue weighted by Gasteiger charge is -2.13. The summed E-state index contributed by atoms with van der Waals surface area (Å²) in [6.07, 6.45) is 3.46. The molecular weight excluding hydrogens is 264 g/mol. The molecule has 0 heterocycles. The molecule has 2 aromatic rings. The zero-order valence-corrected chi connectivity index (χ0v) is 11.7. The molecule has 0 bridgehead atoms. The fourth-order valence-corrected chi connectivity index (χ4v) is 1.81. The molecule has 0 atom stereocenters. The van der Waals surface area contributed by atoms with Crippen LogP contribution in [0.1, 0.15) is 11.1 Å². The van der Waals surface area contributed by atoms with E-state index in [1.807, 2.05) is 67.1 Å². The molecule has 0 saturated carbocycles. The summed E-state index contributed by atoms with van der Waals surface area (Å²) in [7, 11) is 0. The normalized spacial score (nSPS) is 10.5. The van der Waals surface area contributed by atoms with Gasteiger partial charge in [0.05, 0.1) is 12.8 Å². The van der Waals surface area contributed by atoms with E-state index in [0.29, 0.717) is 19.7 Å². The lowest BCUT2D eigenvalue weighted by Crippen LogP contribution is -2.23. The second-order valence-electron chi connectivity index (χ2n) is 4.50. The lowest BCUT2D eigenvalue weighted by atomic mass is 10.2. The first-order valence-electron chi connectivity index (χ1n) is 6.73. The summed E-state index contributed by atoms with van der Waals surface area (Å²) in [5, 5.41) is 3.85. The Kier molecular flexibility index (Phi) is 6.00. The van der Waals surface area contributed by atoms with E-state index in [1.165, 1.54) is 4.90 Å². The molecule has 0 aromatic heterocycles. The summed E-state index contributed by atoms with van der Waals surface area (Å²) in [5.74, 6) is 0. The molecule has 4 nitrogen and oxygen atoms in total. The fraction of sp³-hybridized carbons (Fsp3) is 0.176. The van der Waals surface area contributed by atoms with Crippen LogP contribution in [-0.4, -0.2) is 24.1 Å². The van der Waals surface area contributed by atoms with Crippen LogP contribution in [0.4, 0.5) is 0 Å². The molecule has 1 radical (unpaired) electrons. The third kappa shape index (κ3) is 5.48. The molecule has 2 aromatic carbocycles. The minimum absolute atomic E-state index is 0.368. The van der Waals surface area contributed by atoms with Gasteiger partial charge in [-0.2, -0.15) is 0 Å². The fourth-order valence-electron chi connectivity index (χ4n) is 1.81. The van der Waals surface area contributed by atoms with E-state index in [0.717, 1.165) is 11.1 Å². The molecule has 0 aliphatic carbocycles. The molecule has 0 aliphatic heterocycles. The van der Waals surface area contributed by atoms with E-state index in [1.54, 1.807) is 6.21 Å². The van der Waals surface area contributed by atoms with Crippen LogP contribution in [0, 0.1) is 0 Å². The number of carbonyl (C=O) groups excluding carboxylic acids is 1. The van der Waals surface area contributed by atoms with E-state index >= 15 is 0 Å². The van der Waals surface area contributed by atoms with Gasteiger partial charge in [-0.05, 0) is 11.1 Å². The maximum atomic E-state index is 10.9. The molecule has 0 saturated heterocycles. The summed E-state index contributed by atoms with van der Waals surface area (Å²) >= 11 is 0. The van der Waals surface area contributed by atoms with Crippen LogP contribution in [0.2, 0.25) is 0 Å². The SMILES string of the molecule is O=[C]N(C/C=N/OCc1ccccc1)Cc1ccccc1. The Balaban J connectivity index is 1.72. The second-order valence-corrected chi connectivity index (χ2v) is 4.50. The van der Waals surface area contributed by atoms with Crippen molar-refractivity contribution in [3.63, 3.8) is 0 Å². The number of oxime groups is 1. The molecule has 0 fully saturated rings. The lowest BCUT2D eigenvalue weighted by molar-refractivity contribution is 0.131. The monoisotopic (exact) mass is 281 g/mol. The topological polar surface area (TPSA) is 41.9 Å². The molecule has 21 heavy (non-hydrogen) atoms. The maximum Gasteiger partial charge on any atom is 0.312 e. The van der Waals surface area contributed by atoms with Crippen molar-refractivity contribution >= 4 is 12.6 Å². The predicted octanol–water partition coefficient (Wildman–Crippen LogP) is 2.76. The number of rotatable bonds is 8. The van der Waals surface area contributed by atoms with E-state index in [2.05, 4.69) is 5.16 Å². The van der Waals surface area contributed by atoms with Gasteiger partial charge in [0.1, 0.15) is 6.61 Å². The average molecular weight is 281 g/mol. The maximum absolute atomic E-state index is 10.9. The summed E-state index contributed by atoms with van der Waals surface area (Å²) in [5.41, 5.74) is 2.11. The first-order chi connectivity index (χ1) is 10.4. The summed E-state index contributed by atoms with van der Waals surface area (Å²) in [4.78, 5) is 17.6. The molecule has 0 aliphatic rings. The Bertz CT molecular complexity index is 556. The molecule has 0 N–H and O–H groups in total. The summed E-state index contributed by atoms with van der Waals surface area (Å²) in [6, 6.07) is 19.5. The molecular formula is C17H17N2O2. The number of hydrogen-bond donors (Lipinski definition) is 0. The predicted molar refractivity (Wildman–Crippen MR) is 82.3 cm³/mol. The largest absolute Gasteiger partial charge is 0.391 e. The zero-order valence-electron chi connectivity index (χ0n) is 11.7. The van der Waals surface area contributed by atoms with Gasteiger partial charge in [0.15, 0.2) is 0 Å². The highest BCUT2D eigenvalue weighted by Crippen LogP contribution is 2.02. The van der Waals surface area contributed by atoms with Crippen LogP contribution in [0.3, 0.4) is 0 Å². The summed E-state index contributed by atoms with van der Waals surface area (Å²) in [6.45, 7) is 1.29.